The van der Waals surface area contributed by atoms with Crippen LogP contribution in [0.15, 0.2) is 36.4 Å². The lowest BCUT2D eigenvalue weighted by Gasteiger charge is -2.13. The summed E-state index contributed by atoms with van der Waals surface area (Å²) >= 11 is 0. The van der Waals surface area contributed by atoms with Crippen LogP contribution in [0.25, 0.3) is 11.3 Å². The quantitative estimate of drug-likeness (QED) is 0.659. The van der Waals surface area contributed by atoms with Crippen molar-refractivity contribution < 1.29 is 17.9 Å². The summed E-state index contributed by atoms with van der Waals surface area (Å²) in [7, 11) is -1.47. The smallest absolute Gasteiger partial charge is 0.274 e. The summed E-state index contributed by atoms with van der Waals surface area (Å²) in [5.74, 6) is 0.993. The highest BCUT2D eigenvalue weighted by molar-refractivity contribution is 7.91. The fraction of sp³-hybridized carbons (Fsp3) is 0.316. The van der Waals surface area contributed by atoms with E-state index in [4.69, 9.17) is 4.74 Å². The van der Waals surface area contributed by atoms with E-state index in [0.29, 0.717) is 29.3 Å². The van der Waals surface area contributed by atoms with Gasteiger partial charge in [0.25, 0.3) is 5.91 Å². The van der Waals surface area contributed by atoms with Gasteiger partial charge in [-0.05, 0) is 43.7 Å². The molecule has 10 heteroatoms. The zero-order valence-corrected chi connectivity index (χ0v) is 16.9. The molecule has 0 saturated carbocycles. The Morgan fingerprint density at radius 2 is 2.03 bits per heavy atom. The summed E-state index contributed by atoms with van der Waals surface area (Å²) < 4.78 is 30.3. The van der Waals surface area contributed by atoms with Gasteiger partial charge in [0.15, 0.2) is 9.84 Å². The lowest BCUT2D eigenvalue weighted by Crippen LogP contribution is -2.19. The maximum absolute atomic E-state index is 12.7. The highest BCUT2D eigenvalue weighted by Gasteiger charge is 2.31. The molecular formula is C19H21N5O4S. The van der Waals surface area contributed by atoms with Crippen LogP contribution in [-0.4, -0.2) is 52.9 Å². The SMILES string of the molecule is COc1ccc(-c2cc(C(=O)Nc3cc(C)nn3C3CCS(=O)(=O)C3)[nH]n2)cc1. The molecule has 1 unspecified atom stereocenters. The van der Waals surface area contributed by atoms with Crippen LogP contribution in [0.2, 0.25) is 0 Å². The van der Waals surface area contributed by atoms with Crippen molar-refractivity contribution in [2.24, 2.45) is 0 Å². The summed E-state index contributed by atoms with van der Waals surface area (Å²) in [6, 6.07) is 10.5. The van der Waals surface area contributed by atoms with Gasteiger partial charge in [-0.15, -0.1) is 0 Å². The van der Waals surface area contributed by atoms with E-state index in [1.165, 1.54) is 0 Å². The average molecular weight is 415 g/mol. The minimum atomic E-state index is -3.06. The predicted molar refractivity (Wildman–Crippen MR) is 108 cm³/mol. The van der Waals surface area contributed by atoms with Crippen LogP contribution in [0, 0.1) is 6.92 Å². The molecule has 3 aromatic rings. The van der Waals surface area contributed by atoms with Gasteiger partial charge in [0, 0.05) is 11.6 Å². The predicted octanol–water partition coefficient (Wildman–Crippen LogP) is 2.20. The third-order valence-electron chi connectivity index (χ3n) is 4.86. The number of nitrogens with zero attached hydrogens (tertiary/aromatic N) is 3. The molecule has 2 aromatic heterocycles. The van der Waals surface area contributed by atoms with Gasteiger partial charge < -0.3 is 10.1 Å². The normalized spacial score (nSPS) is 17.9. The van der Waals surface area contributed by atoms with Gasteiger partial charge in [-0.1, -0.05) is 0 Å². The largest absolute Gasteiger partial charge is 0.497 e. The van der Waals surface area contributed by atoms with E-state index in [-0.39, 0.29) is 23.5 Å². The number of hydrogen-bond donors (Lipinski definition) is 2. The number of rotatable bonds is 5. The number of aryl methyl sites for hydroxylation is 1. The number of anilines is 1. The Balaban J connectivity index is 1.52. The summed E-state index contributed by atoms with van der Waals surface area (Å²) in [6.07, 6.45) is 0.484. The van der Waals surface area contributed by atoms with Crippen LogP contribution >= 0.6 is 0 Å². The van der Waals surface area contributed by atoms with Crippen molar-refractivity contribution >= 4 is 21.6 Å². The average Bonchev–Trinajstić information content (AvgIpc) is 3.40. The van der Waals surface area contributed by atoms with Crippen molar-refractivity contribution in [2.75, 3.05) is 23.9 Å². The molecule has 1 aliphatic rings. The molecule has 0 bridgehead atoms. The minimum Gasteiger partial charge on any atom is -0.497 e. The number of nitrogens with one attached hydrogen (secondary N) is 2. The molecule has 1 fully saturated rings. The van der Waals surface area contributed by atoms with E-state index in [1.54, 1.807) is 30.8 Å². The summed E-state index contributed by atoms with van der Waals surface area (Å²) in [5, 5.41) is 14.1. The lowest BCUT2D eigenvalue weighted by atomic mass is 10.1. The molecule has 1 saturated heterocycles. The molecular weight excluding hydrogens is 394 g/mol. The lowest BCUT2D eigenvalue weighted by molar-refractivity contribution is 0.102. The molecule has 29 heavy (non-hydrogen) atoms. The van der Waals surface area contributed by atoms with E-state index in [0.717, 1.165) is 11.3 Å². The van der Waals surface area contributed by atoms with Crippen molar-refractivity contribution in [1.82, 2.24) is 20.0 Å². The molecule has 4 rings (SSSR count). The van der Waals surface area contributed by atoms with Gasteiger partial charge in [-0.2, -0.15) is 10.2 Å². The first-order valence-corrected chi connectivity index (χ1v) is 10.9. The first kappa shape index (κ1) is 19.2. The molecule has 152 valence electrons. The Morgan fingerprint density at radius 3 is 2.69 bits per heavy atom. The van der Waals surface area contributed by atoms with Crippen LogP contribution in [-0.2, 0) is 9.84 Å². The highest BCUT2D eigenvalue weighted by atomic mass is 32.2. The van der Waals surface area contributed by atoms with E-state index in [9.17, 15) is 13.2 Å². The summed E-state index contributed by atoms with van der Waals surface area (Å²) in [4.78, 5) is 12.7. The summed E-state index contributed by atoms with van der Waals surface area (Å²) in [5.41, 5.74) is 2.47. The number of aromatic amines is 1. The molecule has 2 N–H and O–H groups in total. The van der Waals surface area contributed by atoms with Crippen molar-refractivity contribution in [3.05, 3.63) is 47.8 Å². The number of carbonyl (C=O) groups excluding carboxylic acids is 1. The van der Waals surface area contributed by atoms with Crippen LogP contribution in [0.4, 0.5) is 5.82 Å². The molecule has 1 amide bonds. The van der Waals surface area contributed by atoms with E-state index < -0.39 is 9.84 Å². The number of benzene rings is 1. The summed E-state index contributed by atoms with van der Waals surface area (Å²) in [6.45, 7) is 1.80. The van der Waals surface area contributed by atoms with Gasteiger partial charge >= 0.3 is 0 Å². The van der Waals surface area contributed by atoms with Crippen LogP contribution < -0.4 is 10.1 Å². The van der Waals surface area contributed by atoms with Crippen LogP contribution in [0.5, 0.6) is 5.75 Å². The molecule has 3 heterocycles. The number of hydrogen-bond acceptors (Lipinski definition) is 6. The van der Waals surface area contributed by atoms with Gasteiger partial charge in [0.05, 0.1) is 36.0 Å². The third-order valence-corrected chi connectivity index (χ3v) is 6.61. The van der Waals surface area contributed by atoms with Gasteiger partial charge in [-0.25, -0.2) is 13.1 Å². The van der Waals surface area contributed by atoms with E-state index in [1.807, 2.05) is 24.3 Å². The van der Waals surface area contributed by atoms with Crippen molar-refractivity contribution in [2.45, 2.75) is 19.4 Å². The van der Waals surface area contributed by atoms with Crippen LogP contribution in [0.1, 0.15) is 28.6 Å². The second kappa shape index (κ2) is 7.36. The molecule has 1 aliphatic heterocycles. The Morgan fingerprint density at radius 1 is 1.28 bits per heavy atom. The number of amides is 1. The van der Waals surface area contributed by atoms with E-state index in [2.05, 4.69) is 20.6 Å². The topological polar surface area (TPSA) is 119 Å². The molecule has 1 aromatic carbocycles. The number of aromatic nitrogens is 4. The molecule has 9 nitrogen and oxygen atoms in total. The Kier molecular flexibility index (Phi) is 4.87. The van der Waals surface area contributed by atoms with Crippen molar-refractivity contribution in [3.8, 4) is 17.0 Å². The third kappa shape index (κ3) is 4.02. The maximum atomic E-state index is 12.7. The number of methoxy groups -OCH3 is 1. The van der Waals surface area contributed by atoms with E-state index >= 15 is 0 Å². The molecule has 0 spiro atoms. The zero-order chi connectivity index (χ0) is 20.6. The second-order valence-electron chi connectivity index (χ2n) is 7.02. The first-order chi connectivity index (χ1) is 13.8. The number of carbonyl (C=O) groups is 1. The fourth-order valence-electron chi connectivity index (χ4n) is 3.39. The van der Waals surface area contributed by atoms with Crippen LogP contribution in [0.3, 0.4) is 0 Å². The number of sulfone groups is 1. The zero-order valence-electron chi connectivity index (χ0n) is 16.0. The van der Waals surface area contributed by atoms with Gasteiger partial charge in [-0.3, -0.25) is 9.89 Å². The highest BCUT2D eigenvalue weighted by Crippen LogP contribution is 2.27. The molecule has 0 aliphatic carbocycles. The van der Waals surface area contributed by atoms with Crippen molar-refractivity contribution in [1.29, 1.82) is 0 Å². The fourth-order valence-corrected chi connectivity index (χ4v) is 5.08. The Bertz CT molecular complexity index is 1150. The molecule has 0 radical (unpaired) electrons. The number of ether oxygens (including phenoxy) is 1. The second-order valence-corrected chi connectivity index (χ2v) is 9.25. The molecule has 1 atom stereocenters. The monoisotopic (exact) mass is 415 g/mol. The Hall–Kier alpha value is -3.14. The Labute approximate surface area is 168 Å². The maximum Gasteiger partial charge on any atom is 0.274 e. The van der Waals surface area contributed by atoms with Crippen molar-refractivity contribution in [3.63, 3.8) is 0 Å². The first-order valence-electron chi connectivity index (χ1n) is 9.12. The number of H-pyrrole nitrogens is 1. The standard InChI is InChI=1S/C19H21N5O4S/c1-12-9-18(24(23-12)14-7-8-29(26,27)11-14)20-19(25)17-10-16(21-22-17)13-3-5-15(28-2)6-4-13/h3-6,9-10,14H,7-8,11H2,1-2H3,(H,20,25)(H,21,22). The van der Waals surface area contributed by atoms with Gasteiger partial charge in [0.1, 0.15) is 17.3 Å². The minimum absolute atomic E-state index is 0.0304. The van der Waals surface area contributed by atoms with Gasteiger partial charge in [0.2, 0.25) is 0 Å².